The van der Waals surface area contributed by atoms with Gasteiger partial charge in [-0.05, 0) is 19.8 Å². The number of alkyl halides is 3. The molecule has 2 amide bonds. The largest absolute Gasteiger partial charge is 0.408 e. The average molecular weight is 424 g/mol. The topological polar surface area (TPSA) is 101 Å². The maximum atomic E-state index is 12.6. The lowest BCUT2D eigenvalue weighted by molar-refractivity contribution is -0.149. The summed E-state index contributed by atoms with van der Waals surface area (Å²) in [7, 11) is 0. The molecule has 3 heterocycles. The zero-order valence-electron chi connectivity index (χ0n) is 15.0. The number of thiazole rings is 1. The molecule has 4 rings (SSSR count). The number of carbonyl (C=O) groups excluding carboxylic acids is 2. The number of aromatic nitrogens is 4. The highest BCUT2D eigenvalue weighted by atomic mass is 32.1. The second-order valence-corrected chi connectivity index (χ2v) is 7.56. The molecule has 2 N–H and O–H groups in total. The number of halogens is 3. The van der Waals surface area contributed by atoms with Crippen molar-refractivity contribution >= 4 is 34.6 Å². The molecule has 1 saturated carbocycles. The van der Waals surface area contributed by atoms with Gasteiger partial charge < -0.3 is 15.0 Å². The highest BCUT2D eigenvalue weighted by Crippen LogP contribution is 2.30. The summed E-state index contributed by atoms with van der Waals surface area (Å²) in [5, 5.41) is 6.06. The summed E-state index contributed by atoms with van der Waals surface area (Å²) in [6, 6.07) is -1.98. The minimum Gasteiger partial charge on any atom is -0.338 e. The van der Waals surface area contributed by atoms with Gasteiger partial charge in [0.1, 0.15) is 17.4 Å². The van der Waals surface area contributed by atoms with E-state index in [0.29, 0.717) is 22.9 Å². The lowest BCUT2D eigenvalue weighted by Gasteiger charge is -2.16. The third kappa shape index (κ3) is 4.21. The maximum Gasteiger partial charge on any atom is 0.408 e. The molecule has 1 aliphatic carbocycles. The normalized spacial score (nSPS) is 15.3. The van der Waals surface area contributed by atoms with Crippen molar-refractivity contribution in [1.82, 2.24) is 24.7 Å². The van der Waals surface area contributed by atoms with E-state index < -0.39 is 18.1 Å². The minimum absolute atomic E-state index is 0.0492. The number of carbonyl (C=O) groups is 2. The zero-order chi connectivity index (χ0) is 20.8. The fourth-order valence-corrected chi connectivity index (χ4v) is 3.22. The quantitative estimate of drug-likeness (QED) is 0.656. The van der Waals surface area contributed by atoms with Crippen molar-refractivity contribution in [2.75, 3.05) is 5.32 Å². The average Bonchev–Trinajstić information content (AvgIpc) is 3.25. The van der Waals surface area contributed by atoms with E-state index >= 15 is 0 Å². The number of hydrogen-bond donors (Lipinski definition) is 2. The monoisotopic (exact) mass is 424 g/mol. The Morgan fingerprint density at radius 3 is 2.69 bits per heavy atom. The summed E-state index contributed by atoms with van der Waals surface area (Å²) >= 11 is 0.922. The van der Waals surface area contributed by atoms with Crippen LogP contribution in [0, 0.1) is 5.92 Å². The Labute approximate surface area is 166 Å². The second-order valence-electron chi connectivity index (χ2n) is 6.70. The van der Waals surface area contributed by atoms with E-state index in [9.17, 15) is 22.8 Å². The fraction of sp³-hybridized carbons (Fsp3) is 0.353. The standard InChI is InChI=1S/C17H15F3N6O2S/c1-8(17(18,19)20)22-15(28)16-23-11(7-29-16)10-5-26-6-12(24-13(26)4-21-10)25-14(27)9-2-3-9/h4-9H,2-3H2,1H3,(H,22,28)(H,25,27)/t8-/m1/s1. The summed E-state index contributed by atoms with van der Waals surface area (Å²) in [5.74, 6) is -0.516. The lowest BCUT2D eigenvalue weighted by atomic mass is 10.3. The van der Waals surface area contributed by atoms with Crippen LogP contribution >= 0.6 is 11.3 Å². The Hall–Kier alpha value is -3.02. The predicted octanol–water partition coefficient (Wildman–Crippen LogP) is 2.88. The van der Waals surface area contributed by atoms with Crippen LogP contribution in [-0.4, -0.2) is 43.4 Å². The first kappa shape index (κ1) is 19.3. The summed E-state index contributed by atoms with van der Waals surface area (Å²) in [5.41, 5.74) is 1.26. The molecular weight excluding hydrogens is 409 g/mol. The zero-order valence-corrected chi connectivity index (χ0v) is 15.8. The highest BCUT2D eigenvalue weighted by Gasteiger charge is 2.37. The molecule has 3 aromatic heterocycles. The van der Waals surface area contributed by atoms with Gasteiger partial charge in [-0.2, -0.15) is 13.2 Å². The number of hydrogen-bond acceptors (Lipinski definition) is 6. The number of rotatable bonds is 5. The van der Waals surface area contributed by atoms with Crippen molar-refractivity contribution in [2.24, 2.45) is 5.92 Å². The first-order valence-electron chi connectivity index (χ1n) is 8.70. The van der Waals surface area contributed by atoms with E-state index in [1.807, 2.05) is 5.32 Å². The second kappa shape index (κ2) is 7.10. The van der Waals surface area contributed by atoms with Gasteiger partial charge in [-0.1, -0.05) is 0 Å². The van der Waals surface area contributed by atoms with E-state index in [4.69, 9.17) is 0 Å². The van der Waals surface area contributed by atoms with Gasteiger partial charge in [0.25, 0.3) is 5.91 Å². The van der Waals surface area contributed by atoms with E-state index in [1.165, 1.54) is 11.6 Å². The van der Waals surface area contributed by atoms with Crippen LogP contribution in [0.1, 0.15) is 29.6 Å². The molecule has 0 saturated heterocycles. The number of nitrogens with one attached hydrogen (secondary N) is 2. The van der Waals surface area contributed by atoms with Gasteiger partial charge >= 0.3 is 6.18 Å². The molecule has 3 aromatic rings. The van der Waals surface area contributed by atoms with Crippen LogP contribution < -0.4 is 10.6 Å². The lowest BCUT2D eigenvalue weighted by Crippen LogP contribution is -2.43. The van der Waals surface area contributed by atoms with E-state index in [2.05, 4.69) is 20.3 Å². The molecule has 1 atom stereocenters. The number of fused-ring (bicyclic) bond motifs is 1. The maximum absolute atomic E-state index is 12.6. The summed E-state index contributed by atoms with van der Waals surface area (Å²) in [6.07, 6.45) is 1.96. The van der Waals surface area contributed by atoms with Crippen molar-refractivity contribution < 1.29 is 22.8 Å². The number of anilines is 1. The van der Waals surface area contributed by atoms with Gasteiger partial charge in [0.15, 0.2) is 16.5 Å². The first-order chi connectivity index (χ1) is 13.7. The van der Waals surface area contributed by atoms with Gasteiger partial charge in [-0.15, -0.1) is 11.3 Å². The number of imidazole rings is 1. The molecule has 8 nitrogen and oxygen atoms in total. The molecule has 1 aliphatic rings. The van der Waals surface area contributed by atoms with Crippen LogP contribution in [0.25, 0.3) is 17.0 Å². The minimum atomic E-state index is -4.53. The van der Waals surface area contributed by atoms with Gasteiger partial charge in [-0.25, -0.2) is 15.0 Å². The molecular formula is C17H15F3N6O2S. The van der Waals surface area contributed by atoms with Crippen LogP contribution in [0.3, 0.4) is 0 Å². The smallest absolute Gasteiger partial charge is 0.338 e. The molecule has 29 heavy (non-hydrogen) atoms. The number of nitrogens with zero attached hydrogens (tertiary/aromatic N) is 4. The number of amides is 2. The van der Waals surface area contributed by atoms with Crippen molar-refractivity contribution in [3.05, 3.63) is 29.0 Å². The van der Waals surface area contributed by atoms with Gasteiger partial charge in [0.05, 0.1) is 12.4 Å². The van der Waals surface area contributed by atoms with Crippen LogP contribution in [0.4, 0.5) is 19.0 Å². The third-order valence-electron chi connectivity index (χ3n) is 4.34. The summed E-state index contributed by atoms with van der Waals surface area (Å²) in [6.45, 7) is 0.862. The first-order valence-corrected chi connectivity index (χ1v) is 9.58. The van der Waals surface area contributed by atoms with Crippen molar-refractivity contribution in [3.8, 4) is 11.4 Å². The fourth-order valence-electron chi connectivity index (χ4n) is 2.50. The Kier molecular flexibility index (Phi) is 4.73. The Bertz CT molecular complexity index is 1090. The van der Waals surface area contributed by atoms with Crippen molar-refractivity contribution in [3.63, 3.8) is 0 Å². The van der Waals surface area contributed by atoms with E-state index in [-0.39, 0.29) is 16.8 Å². The van der Waals surface area contributed by atoms with Crippen LogP contribution in [-0.2, 0) is 4.79 Å². The van der Waals surface area contributed by atoms with Crippen molar-refractivity contribution in [1.29, 1.82) is 0 Å². The van der Waals surface area contributed by atoms with Gasteiger partial charge in [0.2, 0.25) is 5.91 Å². The molecule has 1 fully saturated rings. The molecule has 0 aliphatic heterocycles. The van der Waals surface area contributed by atoms with E-state index in [0.717, 1.165) is 31.1 Å². The van der Waals surface area contributed by atoms with Crippen LogP contribution in [0.5, 0.6) is 0 Å². The predicted molar refractivity (Wildman–Crippen MR) is 98.4 cm³/mol. The Morgan fingerprint density at radius 2 is 2.00 bits per heavy atom. The Morgan fingerprint density at radius 1 is 1.24 bits per heavy atom. The summed E-state index contributed by atoms with van der Waals surface area (Å²) < 4.78 is 39.4. The molecule has 0 bridgehead atoms. The van der Waals surface area contributed by atoms with Crippen LogP contribution in [0.2, 0.25) is 0 Å². The van der Waals surface area contributed by atoms with E-state index in [1.54, 1.807) is 16.8 Å². The summed E-state index contributed by atoms with van der Waals surface area (Å²) in [4.78, 5) is 36.4. The van der Waals surface area contributed by atoms with Crippen LogP contribution in [0.15, 0.2) is 24.0 Å². The highest BCUT2D eigenvalue weighted by molar-refractivity contribution is 7.12. The SMILES string of the molecule is C[C@@H](NC(=O)c1nc(-c2cn3cc(NC(=O)C4CC4)nc3cn2)cs1)C(F)(F)F. The van der Waals surface area contributed by atoms with Crippen molar-refractivity contribution in [2.45, 2.75) is 32.0 Å². The molecule has 152 valence electrons. The Balaban J connectivity index is 1.51. The molecule has 0 radical (unpaired) electrons. The molecule has 0 aromatic carbocycles. The van der Waals surface area contributed by atoms with Gasteiger partial charge in [0, 0.05) is 17.5 Å². The van der Waals surface area contributed by atoms with Gasteiger partial charge in [-0.3, -0.25) is 9.59 Å². The third-order valence-corrected chi connectivity index (χ3v) is 5.18. The molecule has 0 unspecified atom stereocenters. The molecule has 0 spiro atoms. The molecule has 12 heteroatoms.